The second-order valence-electron chi connectivity index (χ2n) is 4.91. The number of rotatable bonds is 2. The van der Waals surface area contributed by atoms with Crippen LogP contribution in [-0.4, -0.2) is 48.0 Å². The van der Waals surface area contributed by atoms with Crippen LogP contribution in [0.5, 0.6) is 0 Å². The molecule has 1 aromatic carbocycles. The number of anilines is 1. The molecule has 5 nitrogen and oxygen atoms in total. The van der Waals surface area contributed by atoms with Crippen LogP contribution in [0.3, 0.4) is 0 Å². The van der Waals surface area contributed by atoms with E-state index in [-0.39, 0.29) is 0 Å². The summed E-state index contributed by atoms with van der Waals surface area (Å²) in [6.07, 6.45) is 0. The third-order valence-corrected chi connectivity index (χ3v) is 3.41. The topological polar surface area (TPSA) is 58.5 Å². The molecule has 0 bridgehead atoms. The molecule has 2 aromatic rings. The van der Waals surface area contributed by atoms with Crippen molar-refractivity contribution in [3.05, 3.63) is 24.1 Å². The van der Waals surface area contributed by atoms with Crippen molar-refractivity contribution in [2.75, 3.05) is 39.0 Å². The first kappa shape index (κ1) is 11.5. The molecule has 0 amide bonds. The first-order valence-corrected chi connectivity index (χ1v) is 6.26. The number of likely N-dealkylation sites (N-methyl/N-ethyl adjacent to an activating group) is 1. The largest absolute Gasteiger partial charge is 0.439 e. The highest BCUT2D eigenvalue weighted by molar-refractivity contribution is 5.76. The Morgan fingerprint density at radius 2 is 2.06 bits per heavy atom. The predicted molar refractivity (Wildman–Crippen MR) is 71.2 cm³/mol. The zero-order valence-electron chi connectivity index (χ0n) is 10.6. The minimum absolute atomic E-state index is 0.724. The molecule has 18 heavy (non-hydrogen) atoms. The van der Waals surface area contributed by atoms with Gasteiger partial charge in [0, 0.05) is 31.9 Å². The summed E-state index contributed by atoms with van der Waals surface area (Å²) < 4.78 is 5.73. The summed E-state index contributed by atoms with van der Waals surface area (Å²) in [5.74, 6) is 0.778. The lowest BCUT2D eigenvalue weighted by molar-refractivity contribution is 0.139. The van der Waals surface area contributed by atoms with E-state index < -0.39 is 0 Å². The zero-order valence-corrected chi connectivity index (χ0v) is 10.6. The Kier molecular flexibility index (Phi) is 2.93. The summed E-state index contributed by atoms with van der Waals surface area (Å²) in [5, 5.41) is 0. The van der Waals surface area contributed by atoms with Gasteiger partial charge in [0.15, 0.2) is 5.58 Å². The Hall–Kier alpha value is -1.59. The van der Waals surface area contributed by atoms with Crippen LogP contribution in [0.2, 0.25) is 0 Å². The van der Waals surface area contributed by atoms with E-state index in [9.17, 15) is 0 Å². The Morgan fingerprint density at radius 3 is 2.83 bits per heavy atom. The molecule has 0 saturated carbocycles. The number of benzene rings is 1. The van der Waals surface area contributed by atoms with Crippen molar-refractivity contribution in [1.82, 2.24) is 14.8 Å². The average molecular weight is 246 g/mol. The van der Waals surface area contributed by atoms with E-state index in [0.29, 0.717) is 0 Å². The molecule has 1 aliphatic heterocycles. The number of hydrogen-bond acceptors (Lipinski definition) is 5. The van der Waals surface area contributed by atoms with Gasteiger partial charge in [-0.25, -0.2) is 4.98 Å². The van der Waals surface area contributed by atoms with Gasteiger partial charge in [-0.05, 0) is 25.2 Å². The molecule has 96 valence electrons. The molecular formula is C13H18N4O. The molecule has 0 radical (unpaired) electrons. The molecule has 0 spiro atoms. The number of hydrogen-bond donors (Lipinski definition) is 1. The fraction of sp³-hybridized carbons (Fsp3) is 0.462. The monoisotopic (exact) mass is 246 g/mol. The first-order chi connectivity index (χ1) is 8.70. The highest BCUT2D eigenvalue weighted by atomic mass is 16.3. The first-order valence-electron chi connectivity index (χ1n) is 6.26. The third kappa shape index (κ3) is 2.32. The number of nitrogens with zero attached hydrogens (tertiary/aromatic N) is 3. The van der Waals surface area contributed by atoms with Crippen molar-refractivity contribution < 1.29 is 4.42 Å². The van der Waals surface area contributed by atoms with E-state index in [1.807, 2.05) is 18.2 Å². The van der Waals surface area contributed by atoms with Crippen LogP contribution >= 0.6 is 0 Å². The van der Waals surface area contributed by atoms with E-state index in [1.165, 1.54) is 0 Å². The van der Waals surface area contributed by atoms with Gasteiger partial charge < -0.3 is 15.1 Å². The standard InChI is InChI=1S/C13H18N4O/c1-16-4-6-17(7-5-16)9-13-15-11-8-10(14)2-3-12(11)18-13/h2-3,8H,4-7,9,14H2,1H3. The lowest BCUT2D eigenvalue weighted by Crippen LogP contribution is -2.43. The fourth-order valence-electron chi connectivity index (χ4n) is 2.26. The van der Waals surface area contributed by atoms with E-state index in [0.717, 1.165) is 55.4 Å². The van der Waals surface area contributed by atoms with Crippen molar-refractivity contribution >= 4 is 16.8 Å². The summed E-state index contributed by atoms with van der Waals surface area (Å²) in [4.78, 5) is 9.19. The maximum atomic E-state index is 5.74. The predicted octanol–water partition coefficient (Wildman–Crippen LogP) is 1.16. The summed E-state index contributed by atoms with van der Waals surface area (Å²) in [6, 6.07) is 5.57. The second kappa shape index (κ2) is 4.59. The second-order valence-corrected chi connectivity index (χ2v) is 4.91. The molecule has 2 heterocycles. The molecule has 3 rings (SSSR count). The van der Waals surface area contributed by atoms with Crippen molar-refractivity contribution in [1.29, 1.82) is 0 Å². The fourth-order valence-corrected chi connectivity index (χ4v) is 2.26. The van der Waals surface area contributed by atoms with Gasteiger partial charge in [-0.15, -0.1) is 0 Å². The number of piperazine rings is 1. The van der Waals surface area contributed by atoms with Crippen LogP contribution < -0.4 is 5.73 Å². The Labute approximate surface area is 106 Å². The highest BCUT2D eigenvalue weighted by Crippen LogP contribution is 2.19. The van der Waals surface area contributed by atoms with Crippen LogP contribution in [0.25, 0.3) is 11.1 Å². The summed E-state index contributed by atoms with van der Waals surface area (Å²) >= 11 is 0. The SMILES string of the molecule is CN1CCN(Cc2nc3cc(N)ccc3o2)CC1. The molecule has 0 aliphatic carbocycles. The molecule has 5 heteroatoms. The molecule has 1 fully saturated rings. The molecule has 1 aromatic heterocycles. The van der Waals surface area contributed by atoms with Gasteiger partial charge in [-0.2, -0.15) is 0 Å². The number of nitrogens with two attached hydrogens (primary N) is 1. The quantitative estimate of drug-likeness (QED) is 0.806. The summed E-state index contributed by atoms with van der Waals surface area (Å²) in [6.45, 7) is 5.12. The zero-order chi connectivity index (χ0) is 12.5. The third-order valence-electron chi connectivity index (χ3n) is 3.41. The molecule has 0 unspecified atom stereocenters. The van der Waals surface area contributed by atoms with E-state index >= 15 is 0 Å². The van der Waals surface area contributed by atoms with Crippen LogP contribution in [0.4, 0.5) is 5.69 Å². The highest BCUT2D eigenvalue weighted by Gasteiger charge is 2.16. The van der Waals surface area contributed by atoms with Crippen molar-refractivity contribution in [3.63, 3.8) is 0 Å². The molecule has 0 atom stereocenters. The number of nitrogen functional groups attached to an aromatic ring is 1. The minimum atomic E-state index is 0.724. The molecular weight excluding hydrogens is 228 g/mol. The van der Waals surface area contributed by atoms with Crippen LogP contribution in [0, 0.1) is 0 Å². The number of fused-ring (bicyclic) bond motifs is 1. The average Bonchev–Trinajstić information content (AvgIpc) is 2.73. The van der Waals surface area contributed by atoms with Gasteiger partial charge in [0.1, 0.15) is 5.52 Å². The van der Waals surface area contributed by atoms with E-state index in [1.54, 1.807) is 0 Å². The van der Waals surface area contributed by atoms with Gasteiger partial charge in [0.25, 0.3) is 0 Å². The summed E-state index contributed by atoms with van der Waals surface area (Å²) in [7, 11) is 2.15. The van der Waals surface area contributed by atoms with E-state index in [2.05, 4.69) is 21.8 Å². The summed E-state index contributed by atoms with van der Waals surface area (Å²) in [5.41, 5.74) is 8.12. The molecule has 1 aliphatic rings. The van der Waals surface area contributed by atoms with Gasteiger partial charge in [0.05, 0.1) is 6.54 Å². The number of oxazole rings is 1. The normalized spacial score (nSPS) is 18.5. The van der Waals surface area contributed by atoms with Crippen LogP contribution in [-0.2, 0) is 6.54 Å². The number of aromatic nitrogens is 1. The Morgan fingerprint density at radius 1 is 1.28 bits per heavy atom. The maximum absolute atomic E-state index is 5.74. The van der Waals surface area contributed by atoms with Crippen LogP contribution in [0.15, 0.2) is 22.6 Å². The smallest absolute Gasteiger partial charge is 0.209 e. The van der Waals surface area contributed by atoms with Gasteiger partial charge in [-0.1, -0.05) is 0 Å². The lowest BCUT2D eigenvalue weighted by atomic mass is 10.3. The molecule has 2 N–H and O–H groups in total. The maximum Gasteiger partial charge on any atom is 0.209 e. The van der Waals surface area contributed by atoms with E-state index in [4.69, 9.17) is 10.2 Å². The lowest BCUT2D eigenvalue weighted by Gasteiger charge is -2.31. The van der Waals surface area contributed by atoms with Gasteiger partial charge in [-0.3, -0.25) is 4.90 Å². The molecule has 1 saturated heterocycles. The van der Waals surface area contributed by atoms with Gasteiger partial charge >= 0.3 is 0 Å². The Bertz CT molecular complexity index is 543. The van der Waals surface area contributed by atoms with Crippen LogP contribution in [0.1, 0.15) is 5.89 Å². The van der Waals surface area contributed by atoms with Crippen molar-refractivity contribution in [2.24, 2.45) is 0 Å². The van der Waals surface area contributed by atoms with Crippen molar-refractivity contribution in [3.8, 4) is 0 Å². The van der Waals surface area contributed by atoms with Crippen molar-refractivity contribution in [2.45, 2.75) is 6.54 Å². The van der Waals surface area contributed by atoms with Gasteiger partial charge in [0.2, 0.25) is 5.89 Å². The minimum Gasteiger partial charge on any atom is -0.439 e. The Balaban J connectivity index is 1.74.